The van der Waals surface area contributed by atoms with Crippen molar-refractivity contribution in [2.75, 3.05) is 37.4 Å². The van der Waals surface area contributed by atoms with Gasteiger partial charge < -0.3 is 14.5 Å². The summed E-state index contributed by atoms with van der Waals surface area (Å²) >= 11 is 0. The van der Waals surface area contributed by atoms with Crippen LogP contribution in [-0.4, -0.2) is 49.1 Å². The number of nitrogens with one attached hydrogen (secondary N) is 1. The lowest BCUT2D eigenvalue weighted by molar-refractivity contribution is -0.384. The van der Waals surface area contributed by atoms with E-state index in [1.165, 1.54) is 6.07 Å². The second kappa shape index (κ2) is 8.71. The number of carbonyl (C=O) groups is 1. The molecular weight excluding hydrogens is 360 g/mol. The Balaban J connectivity index is 1.67. The molecule has 1 heterocycles. The van der Waals surface area contributed by atoms with Gasteiger partial charge in [0.05, 0.1) is 10.6 Å². The smallest absolute Gasteiger partial charge is 0.411 e. The standard InChI is InChI=1S/C20H24N4O4/c1-22(2)17-10-11-23(13-17)18-9-8-16(12-19(18)24(26)27)21-20(25)28-14-15-6-4-3-5-7-15/h3-9,12,17H,10-11,13-14H2,1-2H3,(H,21,25)/t17-/m0/s1. The number of hydrogen-bond donors (Lipinski definition) is 1. The van der Waals surface area contributed by atoms with Crippen molar-refractivity contribution in [2.45, 2.75) is 19.1 Å². The molecule has 0 saturated carbocycles. The number of likely N-dealkylation sites (N-methyl/N-ethyl adjacent to an activating group) is 1. The van der Waals surface area contributed by atoms with Gasteiger partial charge in [-0.1, -0.05) is 30.3 Å². The summed E-state index contributed by atoms with van der Waals surface area (Å²) in [6.45, 7) is 1.63. The second-order valence-electron chi connectivity index (χ2n) is 7.00. The fourth-order valence-corrected chi connectivity index (χ4v) is 3.27. The van der Waals surface area contributed by atoms with Crippen molar-refractivity contribution in [3.8, 4) is 0 Å². The first-order valence-electron chi connectivity index (χ1n) is 9.11. The van der Waals surface area contributed by atoms with Crippen molar-refractivity contribution in [3.05, 3.63) is 64.2 Å². The third-order valence-electron chi connectivity index (χ3n) is 4.87. The molecule has 0 aliphatic carbocycles. The Morgan fingerprint density at radius 1 is 1.29 bits per heavy atom. The zero-order chi connectivity index (χ0) is 20.1. The van der Waals surface area contributed by atoms with Crippen LogP contribution >= 0.6 is 0 Å². The molecule has 0 unspecified atom stereocenters. The molecule has 3 rings (SSSR count). The summed E-state index contributed by atoms with van der Waals surface area (Å²) in [5, 5.41) is 14.1. The molecule has 1 N–H and O–H groups in total. The topological polar surface area (TPSA) is 88.0 Å². The van der Waals surface area contributed by atoms with E-state index in [2.05, 4.69) is 10.2 Å². The van der Waals surface area contributed by atoms with E-state index in [1.54, 1.807) is 12.1 Å². The predicted molar refractivity (Wildman–Crippen MR) is 108 cm³/mol. The van der Waals surface area contributed by atoms with E-state index in [-0.39, 0.29) is 12.3 Å². The van der Waals surface area contributed by atoms with Crippen molar-refractivity contribution < 1.29 is 14.5 Å². The fourth-order valence-electron chi connectivity index (χ4n) is 3.27. The van der Waals surface area contributed by atoms with Crippen molar-refractivity contribution >= 4 is 23.2 Å². The summed E-state index contributed by atoms with van der Waals surface area (Å²) in [4.78, 5) is 27.3. The van der Waals surface area contributed by atoms with Gasteiger partial charge in [-0.3, -0.25) is 15.4 Å². The maximum absolute atomic E-state index is 12.0. The van der Waals surface area contributed by atoms with E-state index in [1.807, 2.05) is 49.3 Å². The Bertz CT molecular complexity index is 841. The van der Waals surface area contributed by atoms with Crippen LogP contribution in [0.15, 0.2) is 48.5 Å². The number of nitro groups is 1. The zero-order valence-electron chi connectivity index (χ0n) is 16.0. The van der Waals surface area contributed by atoms with Crippen molar-refractivity contribution in [2.24, 2.45) is 0 Å². The SMILES string of the molecule is CN(C)[C@H]1CCN(c2ccc(NC(=O)OCc3ccccc3)cc2[N+](=O)[O-])C1. The molecule has 1 amide bonds. The number of nitrogens with zero attached hydrogens (tertiary/aromatic N) is 3. The largest absolute Gasteiger partial charge is 0.444 e. The molecule has 1 aliphatic rings. The molecule has 0 bridgehead atoms. The number of nitro benzene ring substituents is 1. The lowest BCUT2D eigenvalue weighted by atomic mass is 10.2. The third kappa shape index (κ3) is 4.77. The molecule has 0 aromatic heterocycles. The van der Waals surface area contributed by atoms with Crippen LogP contribution in [0.1, 0.15) is 12.0 Å². The van der Waals surface area contributed by atoms with Crippen LogP contribution in [-0.2, 0) is 11.3 Å². The zero-order valence-corrected chi connectivity index (χ0v) is 16.0. The molecule has 2 aromatic carbocycles. The predicted octanol–water partition coefficient (Wildman–Crippen LogP) is 3.48. The molecule has 0 radical (unpaired) electrons. The lowest BCUT2D eigenvalue weighted by Gasteiger charge is -2.22. The maximum Gasteiger partial charge on any atom is 0.411 e. The first-order chi connectivity index (χ1) is 13.4. The minimum atomic E-state index is -0.653. The fraction of sp³-hybridized carbons (Fsp3) is 0.350. The summed E-state index contributed by atoms with van der Waals surface area (Å²) in [5.74, 6) is 0. The van der Waals surface area contributed by atoms with Crippen molar-refractivity contribution in [1.29, 1.82) is 0 Å². The molecule has 148 valence electrons. The van der Waals surface area contributed by atoms with Gasteiger partial charge in [-0.2, -0.15) is 0 Å². The lowest BCUT2D eigenvalue weighted by Crippen LogP contribution is -2.31. The average molecular weight is 384 g/mol. The Kier molecular flexibility index (Phi) is 6.10. The quantitative estimate of drug-likeness (QED) is 0.606. The Morgan fingerprint density at radius 3 is 2.68 bits per heavy atom. The molecule has 2 aromatic rings. The Hall–Kier alpha value is -3.13. The minimum absolute atomic E-state index is 0.0275. The van der Waals surface area contributed by atoms with Crippen LogP contribution < -0.4 is 10.2 Å². The van der Waals surface area contributed by atoms with Gasteiger partial charge in [-0.05, 0) is 38.2 Å². The highest BCUT2D eigenvalue weighted by atomic mass is 16.6. The maximum atomic E-state index is 12.0. The van der Waals surface area contributed by atoms with Crippen LogP contribution in [0.25, 0.3) is 0 Å². The third-order valence-corrected chi connectivity index (χ3v) is 4.87. The van der Waals surface area contributed by atoms with Crippen molar-refractivity contribution in [1.82, 2.24) is 4.90 Å². The second-order valence-corrected chi connectivity index (χ2v) is 7.00. The van der Waals surface area contributed by atoms with E-state index in [0.717, 1.165) is 25.1 Å². The van der Waals surface area contributed by atoms with E-state index in [0.29, 0.717) is 17.4 Å². The number of rotatable bonds is 6. The van der Waals surface area contributed by atoms with Gasteiger partial charge in [0.2, 0.25) is 0 Å². The van der Waals surface area contributed by atoms with Crippen LogP contribution in [0.4, 0.5) is 21.9 Å². The van der Waals surface area contributed by atoms with Gasteiger partial charge in [0.15, 0.2) is 0 Å². The number of carbonyl (C=O) groups excluding carboxylic acids is 1. The summed E-state index contributed by atoms with van der Waals surface area (Å²) in [6, 6.07) is 14.4. The highest BCUT2D eigenvalue weighted by Crippen LogP contribution is 2.33. The number of amides is 1. The highest BCUT2D eigenvalue weighted by molar-refractivity contribution is 5.86. The molecule has 8 nitrogen and oxygen atoms in total. The molecule has 1 saturated heterocycles. The van der Waals surface area contributed by atoms with Gasteiger partial charge in [0.1, 0.15) is 12.3 Å². The average Bonchev–Trinajstić information content (AvgIpc) is 3.17. The van der Waals surface area contributed by atoms with E-state index in [9.17, 15) is 14.9 Å². The van der Waals surface area contributed by atoms with Gasteiger partial charge in [0.25, 0.3) is 5.69 Å². The van der Waals surface area contributed by atoms with E-state index in [4.69, 9.17) is 4.74 Å². The Morgan fingerprint density at radius 2 is 2.04 bits per heavy atom. The molecule has 8 heteroatoms. The molecule has 1 aliphatic heterocycles. The van der Waals surface area contributed by atoms with Gasteiger partial charge >= 0.3 is 6.09 Å². The number of benzene rings is 2. The summed E-state index contributed by atoms with van der Waals surface area (Å²) in [6.07, 6.45) is 0.301. The Labute approximate surface area is 163 Å². The van der Waals surface area contributed by atoms with E-state index < -0.39 is 11.0 Å². The summed E-state index contributed by atoms with van der Waals surface area (Å²) in [5.41, 5.74) is 1.73. The van der Waals surface area contributed by atoms with Gasteiger partial charge in [-0.15, -0.1) is 0 Å². The summed E-state index contributed by atoms with van der Waals surface area (Å²) in [7, 11) is 4.02. The molecular formula is C20H24N4O4. The molecule has 0 spiro atoms. The molecule has 1 atom stereocenters. The molecule has 1 fully saturated rings. The monoisotopic (exact) mass is 384 g/mol. The number of anilines is 2. The van der Waals surface area contributed by atoms with Crippen molar-refractivity contribution in [3.63, 3.8) is 0 Å². The van der Waals surface area contributed by atoms with Gasteiger partial charge in [-0.25, -0.2) is 4.79 Å². The number of hydrogen-bond acceptors (Lipinski definition) is 6. The normalized spacial score (nSPS) is 16.2. The van der Waals surface area contributed by atoms with Gasteiger partial charge in [0, 0.05) is 25.2 Å². The molecule has 28 heavy (non-hydrogen) atoms. The van der Waals surface area contributed by atoms with Crippen LogP contribution in [0, 0.1) is 10.1 Å². The number of ether oxygens (including phenoxy) is 1. The summed E-state index contributed by atoms with van der Waals surface area (Å²) < 4.78 is 5.17. The van der Waals surface area contributed by atoms with Crippen LogP contribution in [0.5, 0.6) is 0 Å². The first kappa shape index (κ1) is 19.6. The van der Waals surface area contributed by atoms with E-state index >= 15 is 0 Å². The minimum Gasteiger partial charge on any atom is -0.444 e. The van der Waals surface area contributed by atoms with Crippen LogP contribution in [0.2, 0.25) is 0 Å². The van der Waals surface area contributed by atoms with Crippen LogP contribution in [0.3, 0.4) is 0 Å². The highest BCUT2D eigenvalue weighted by Gasteiger charge is 2.29. The first-order valence-corrected chi connectivity index (χ1v) is 9.11.